The van der Waals surface area contributed by atoms with Gasteiger partial charge in [0.15, 0.2) is 0 Å². The molecule has 3 unspecified atom stereocenters. The van der Waals surface area contributed by atoms with Crippen molar-refractivity contribution in [1.82, 2.24) is 5.32 Å². The smallest absolute Gasteiger partial charge is 0.254 e. The van der Waals surface area contributed by atoms with E-state index in [4.69, 9.17) is 5.73 Å². The summed E-state index contributed by atoms with van der Waals surface area (Å²) in [5, 5.41) is 9.05. The fourth-order valence-electron chi connectivity index (χ4n) is 3.98. The van der Waals surface area contributed by atoms with E-state index in [1.165, 1.54) is 24.3 Å². The molecule has 5 N–H and O–H groups in total. The largest absolute Gasteiger partial charge is 0.371 e. The number of imide groups is 1. The summed E-state index contributed by atoms with van der Waals surface area (Å²) in [6.45, 7) is 1.88. The predicted molar refractivity (Wildman–Crippen MR) is 118 cm³/mol. The van der Waals surface area contributed by atoms with Crippen LogP contribution in [-0.4, -0.2) is 23.4 Å². The lowest BCUT2D eigenvalue weighted by atomic mass is 9.78. The van der Waals surface area contributed by atoms with Crippen LogP contribution in [0.25, 0.3) is 0 Å². The molecule has 4 rings (SSSR count). The Morgan fingerprint density at radius 3 is 2.22 bits per heavy atom. The van der Waals surface area contributed by atoms with Gasteiger partial charge in [-0.3, -0.25) is 14.9 Å². The molecule has 2 aromatic rings. The molecule has 1 aliphatic heterocycles. The molecular weight excluding hydrogens is 414 g/mol. The number of amides is 2. The number of nitrogens with two attached hydrogens (primary N) is 1. The second-order valence-corrected chi connectivity index (χ2v) is 8.23. The highest BCUT2D eigenvalue weighted by atomic mass is 19.1. The highest BCUT2D eigenvalue weighted by Crippen LogP contribution is 2.39. The van der Waals surface area contributed by atoms with Crippen LogP contribution in [-0.2, 0) is 9.59 Å². The number of anilines is 2. The van der Waals surface area contributed by atoms with Crippen LogP contribution in [0.15, 0.2) is 72.0 Å². The molecule has 0 spiro atoms. The van der Waals surface area contributed by atoms with Gasteiger partial charge in [0.1, 0.15) is 11.6 Å². The monoisotopic (exact) mass is 438 g/mol. The average Bonchev–Trinajstić information content (AvgIpc) is 3.02. The summed E-state index contributed by atoms with van der Waals surface area (Å²) in [5.41, 5.74) is 7.31. The van der Waals surface area contributed by atoms with Gasteiger partial charge in [-0.15, -0.1) is 0 Å². The molecule has 1 fully saturated rings. The maximum atomic E-state index is 13.5. The number of nitrogens with one attached hydrogen (secondary N) is 3. The summed E-state index contributed by atoms with van der Waals surface area (Å²) >= 11 is 0. The molecule has 0 saturated carbocycles. The Bertz CT molecular complexity index is 1090. The second-order valence-electron chi connectivity index (χ2n) is 8.23. The lowest BCUT2D eigenvalue weighted by Crippen LogP contribution is -2.45. The van der Waals surface area contributed by atoms with Gasteiger partial charge in [0.2, 0.25) is 5.91 Å². The molecule has 8 heteroatoms. The summed E-state index contributed by atoms with van der Waals surface area (Å²) < 4.78 is 26.9. The number of benzene rings is 2. The van der Waals surface area contributed by atoms with Crippen LogP contribution in [0.3, 0.4) is 0 Å². The van der Waals surface area contributed by atoms with Gasteiger partial charge < -0.3 is 16.4 Å². The topological polar surface area (TPSA) is 96.2 Å². The van der Waals surface area contributed by atoms with E-state index >= 15 is 0 Å². The summed E-state index contributed by atoms with van der Waals surface area (Å²) in [7, 11) is 0. The summed E-state index contributed by atoms with van der Waals surface area (Å²) in [4.78, 5) is 24.8. The van der Waals surface area contributed by atoms with Crippen molar-refractivity contribution in [3.8, 4) is 0 Å². The molecule has 1 heterocycles. The Kier molecular flexibility index (Phi) is 5.80. The molecule has 6 nitrogen and oxygen atoms in total. The fraction of sp³-hybridized carbons (Fsp3) is 0.250. The third-order valence-corrected chi connectivity index (χ3v) is 5.66. The first-order valence-corrected chi connectivity index (χ1v) is 10.4. The van der Waals surface area contributed by atoms with Crippen LogP contribution >= 0.6 is 0 Å². The van der Waals surface area contributed by atoms with Gasteiger partial charge >= 0.3 is 0 Å². The van der Waals surface area contributed by atoms with Gasteiger partial charge in [0.25, 0.3) is 5.91 Å². The van der Waals surface area contributed by atoms with Crippen molar-refractivity contribution in [2.45, 2.75) is 31.3 Å². The SMILES string of the molecule is CC(N)CCC1(Nc2ccc(F)cc2)C=C2C(=O)NC(=O)C2C=C1Nc1ccc(F)cc1. The highest BCUT2D eigenvalue weighted by molar-refractivity contribution is 6.16. The molecule has 0 radical (unpaired) electrons. The first kappa shape index (κ1) is 21.7. The van der Waals surface area contributed by atoms with Gasteiger partial charge in [-0.05, 0) is 80.4 Å². The molecule has 166 valence electrons. The lowest BCUT2D eigenvalue weighted by Gasteiger charge is -2.40. The number of fused-ring (bicyclic) bond motifs is 1. The van der Waals surface area contributed by atoms with E-state index in [1.54, 1.807) is 36.4 Å². The van der Waals surface area contributed by atoms with Crippen LogP contribution in [0.2, 0.25) is 0 Å². The van der Waals surface area contributed by atoms with Crippen LogP contribution in [0, 0.1) is 17.6 Å². The van der Waals surface area contributed by atoms with Gasteiger partial charge in [0, 0.05) is 28.7 Å². The normalized spacial score (nSPS) is 23.1. The second kappa shape index (κ2) is 8.55. The van der Waals surface area contributed by atoms with E-state index in [9.17, 15) is 18.4 Å². The Labute approximate surface area is 184 Å². The minimum atomic E-state index is -0.937. The maximum Gasteiger partial charge on any atom is 0.254 e. The molecule has 3 atom stereocenters. The molecule has 2 amide bonds. The number of halogens is 2. The molecule has 2 aliphatic rings. The van der Waals surface area contributed by atoms with Gasteiger partial charge in [-0.2, -0.15) is 0 Å². The quantitative estimate of drug-likeness (QED) is 0.497. The first-order chi connectivity index (χ1) is 15.3. The van der Waals surface area contributed by atoms with Crippen molar-refractivity contribution < 1.29 is 18.4 Å². The van der Waals surface area contributed by atoms with Crippen LogP contribution in [0.4, 0.5) is 20.2 Å². The van der Waals surface area contributed by atoms with Crippen molar-refractivity contribution >= 4 is 23.2 Å². The van der Waals surface area contributed by atoms with Crippen molar-refractivity contribution in [3.05, 3.63) is 83.6 Å². The lowest BCUT2D eigenvalue weighted by molar-refractivity contribution is -0.125. The van der Waals surface area contributed by atoms with Gasteiger partial charge in [-0.1, -0.05) is 0 Å². The van der Waals surface area contributed by atoms with E-state index in [1.807, 2.05) is 6.92 Å². The summed E-state index contributed by atoms with van der Waals surface area (Å²) in [6.07, 6.45) is 4.53. The minimum Gasteiger partial charge on any atom is -0.371 e. The van der Waals surface area contributed by atoms with Crippen molar-refractivity contribution in [2.24, 2.45) is 11.7 Å². The van der Waals surface area contributed by atoms with E-state index in [0.717, 1.165) is 0 Å². The fourth-order valence-corrected chi connectivity index (χ4v) is 3.98. The minimum absolute atomic E-state index is 0.121. The standard InChI is InChI=1S/C24H24F2N4O2/c1-14(27)10-11-24(30-18-8-4-16(26)5-9-18)13-20-19(22(31)29-23(20)32)12-21(24)28-17-6-2-15(25)3-7-17/h2-9,12-14,19,28,30H,10-11,27H2,1H3,(H,29,31,32). The Morgan fingerprint density at radius 1 is 1.03 bits per heavy atom. The van der Waals surface area contributed by atoms with Crippen LogP contribution in [0.1, 0.15) is 19.8 Å². The zero-order valence-electron chi connectivity index (χ0n) is 17.5. The number of hydrogen-bond donors (Lipinski definition) is 4. The summed E-state index contributed by atoms with van der Waals surface area (Å²) in [5.74, 6) is -2.32. The molecular formula is C24H24F2N4O2. The first-order valence-electron chi connectivity index (χ1n) is 10.4. The van der Waals surface area contributed by atoms with E-state index in [0.29, 0.717) is 35.5 Å². The van der Waals surface area contributed by atoms with Crippen LogP contribution in [0.5, 0.6) is 0 Å². The number of rotatable bonds is 7. The Balaban J connectivity index is 1.80. The Morgan fingerprint density at radius 2 is 1.62 bits per heavy atom. The molecule has 0 bridgehead atoms. The predicted octanol–water partition coefficient (Wildman–Crippen LogP) is 3.45. The number of carbonyl (C=O) groups is 2. The molecule has 1 aliphatic carbocycles. The molecule has 32 heavy (non-hydrogen) atoms. The van der Waals surface area contributed by atoms with Crippen molar-refractivity contribution in [2.75, 3.05) is 10.6 Å². The van der Waals surface area contributed by atoms with Crippen molar-refractivity contribution in [1.29, 1.82) is 0 Å². The number of hydrogen-bond acceptors (Lipinski definition) is 5. The zero-order valence-corrected chi connectivity index (χ0v) is 17.5. The molecule has 0 aromatic heterocycles. The molecule has 2 aromatic carbocycles. The van der Waals surface area contributed by atoms with Gasteiger partial charge in [-0.25, -0.2) is 8.78 Å². The van der Waals surface area contributed by atoms with E-state index < -0.39 is 23.3 Å². The third-order valence-electron chi connectivity index (χ3n) is 5.66. The van der Waals surface area contributed by atoms with Crippen molar-refractivity contribution in [3.63, 3.8) is 0 Å². The maximum absolute atomic E-state index is 13.5. The highest BCUT2D eigenvalue weighted by Gasteiger charge is 2.45. The van der Waals surface area contributed by atoms with Crippen LogP contribution < -0.4 is 21.7 Å². The van der Waals surface area contributed by atoms with E-state index in [2.05, 4.69) is 16.0 Å². The Hall–Kier alpha value is -3.52. The number of carbonyl (C=O) groups excluding carboxylic acids is 2. The van der Waals surface area contributed by atoms with E-state index in [-0.39, 0.29) is 17.7 Å². The van der Waals surface area contributed by atoms with Gasteiger partial charge in [0.05, 0.1) is 11.5 Å². The molecule has 1 saturated heterocycles. The average molecular weight is 438 g/mol. The summed E-state index contributed by atoms with van der Waals surface area (Å²) in [6, 6.07) is 11.6. The third kappa shape index (κ3) is 4.40. The zero-order chi connectivity index (χ0) is 22.9.